The molecule has 0 saturated carbocycles. The van der Waals surface area contributed by atoms with Crippen molar-refractivity contribution in [3.05, 3.63) is 81.3 Å². The summed E-state index contributed by atoms with van der Waals surface area (Å²) in [5.41, 5.74) is -0.717. The molecular weight excluding hydrogens is 492 g/mol. The lowest BCUT2D eigenvalue weighted by atomic mass is 10.0. The fraction of sp³-hybridized carbons (Fsp3) is 0. The van der Waals surface area contributed by atoms with Crippen LogP contribution in [0.2, 0.25) is 15.1 Å². The Balaban J connectivity index is 2.13. The molecule has 0 spiro atoms. The molecule has 3 aromatic carbocycles. The average molecular weight is 503 g/mol. The number of benzene rings is 3. The zero-order valence-corrected chi connectivity index (χ0v) is 17.7. The zero-order chi connectivity index (χ0) is 22.4. The standard InChI is InChI=1S/C19H11Cl3F5NOS/c20-13-6-4-11(5-7-13)12-8-14(10-15(9-12)30(23,24,25,26)27)28-19(29)18-16(21)2-1-3-17(18)22/h1-10H,(H,28,29). The first-order chi connectivity index (χ1) is 13.6. The fourth-order valence-corrected chi connectivity index (χ4v) is 4.01. The molecular formula is C19H11Cl3F5NOS. The normalized spacial score (nSPS) is 14.0. The van der Waals surface area contributed by atoms with E-state index in [0.29, 0.717) is 11.1 Å². The van der Waals surface area contributed by atoms with Gasteiger partial charge in [-0.3, -0.25) is 4.79 Å². The van der Waals surface area contributed by atoms with Crippen LogP contribution in [0.1, 0.15) is 10.4 Å². The van der Waals surface area contributed by atoms with Gasteiger partial charge in [-0.1, -0.05) is 72.4 Å². The lowest BCUT2D eigenvalue weighted by Crippen LogP contribution is -2.14. The predicted octanol–water partition coefficient (Wildman–Crippen LogP) is 9.22. The number of nitrogens with one attached hydrogen (secondary N) is 1. The van der Waals surface area contributed by atoms with Gasteiger partial charge in [-0.25, -0.2) is 0 Å². The molecule has 0 unspecified atom stereocenters. The molecule has 11 heteroatoms. The van der Waals surface area contributed by atoms with E-state index < -0.39 is 26.7 Å². The smallest absolute Gasteiger partial charge is 0.310 e. The molecule has 2 nitrogen and oxygen atoms in total. The van der Waals surface area contributed by atoms with Crippen LogP contribution in [0.3, 0.4) is 0 Å². The summed E-state index contributed by atoms with van der Waals surface area (Å²) in [5, 5.41) is 2.36. The first kappa shape index (κ1) is 22.7. The van der Waals surface area contributed by atoms with Crippen molar-refractivity contribution in [2.45, 2.75) is 4.90 Å². The summed E-state index contributed by atoms with van der Waals surface area (Å²) >= 11 is 17.6. The van der Waals surface area contributed by atoms with E-state index >= 15 is 0 Å². The quantitative estimate of drug-likeness (QED) is 0.354. The van der Waals surface area contributed by atoms with Crippen LogP contribution in [0.5, 0.6) is 0 Å². The number of rotatable bonds is 4. The van der Waals surface area contributed by atoms with Crippen LogP contribution < -0.4 is 5.32 Å². The van der Waals surface area contributed by atoms with Gasteiger partial charge in [0.1, 0.15) is 4.90 Å². The highest BCUT2D eigenvalue weighted by molar-refractivity contribution is 8.45. The number of halogens is 8. The monoisotopic (exact) mass is 501 g/mol. The molecule has 0 aromatic heterocycles. The Morgan fingerprint density at radius 1 is 0.767 bits per heavy atom. The van der Waals surface area contributed by atoms with Crippen molar-refractivity contribution >= 4 is 56.6 Å². The summed E-state index contributed by atoms with van der Waals surface area (Å²) in [6.45, 7) is 0. The molecule has 3 aromatic rings. The predicted molar refractivity (Wildman–Crippen MR) is 113 cm³/mol. The Morgan fingerprint density at radius 3 is 1.87 bits per heavy atom. The van der Waals surface area contributed by atoms with E-state index in [2.05, 4.69) is 5.32 Å². The maximum absolute atomic E-state index is 13.5. The van der Waals surface area contributed by atoms with Gasteiger partial charge < -0.3 is 5.32 Å². The zero-order valence-electron chi connectivity index (χ0n) is 14.6. The number of carbonyl (C=O) groups excluding carboxylic acids is 1. The third-order valence-corrected chi connectivity index (χ3v) is 5.99. The number of hydrogen-bond donors (Lipinski definition) is 1. The summed E-state index contributed by atoms with van der Waals surface area (Å²) in [5.74, 6) is -0.952. The second kappa shape index (κ2) is 7.02. The lowest BCUT2D eigenvalue weighted by Gasteiger charge is -2.41. The van der Waals surface area contributed by atoms with Crippen LogP contribution in [-0.2, 0) is 0 Å². The van der Waals surface area contributed by atoms with Gasteiger partial charge in [0.2, 0.25) is 0 Å². The molecule has 0 aliphatic carbocycles. The Hall–Kier alpha value is -2.00. The summed E-state index contributed by atoms with van der Waals surface area (Å²) in [6, 6.07) is 11.3. The number of anilines is 1. The second-order valence-corrected chi connectivity index (χ2v) is 9.93. The molecule has 0 aliphatic rings. The third-order valence-electron chi connectivity index (χ3n) is 3.98. The van der Waals surface area contributed by atoms with Crippen molar-refractivity contribution < 1.29 is 24.2 Å². The minimum Gasteiger partial charge on any atom is -0.322 e. The highest BCUT2D eigenvalue weighted by atomic mass is 35.5. The van der Waals surface area contributed by atoms with Crippen LogP contribution >= 0.6 is 45.0 Å². The van der Waals surface area contributed by atoms with Crippen LogP contribution in [0, 0.1) is 0 Å². The summed E-state index contributed by atoms with van der Waals surface area (Å²) in [6.07, 6.45) is 0. The number of carbonyl (C=O) groups is 1. The van der Waals surface area contributed by atoms with Crippen LogP contribution in [0.25, 0.3) is 11.1 Å². The largest absolute Gasteiger partial charge is 0.322 e. The number of amides is 1. The van der Waals surface area contributed by atoms with Gasteiger partial charge in [0, 0.05) is 10.7 Å². The highest BCUT2D eigenvalue weighted by Gasteiger charge is 2.65. The van der Waals surface area contributed by atoms with Gasteiger partial charge in [-0.15, -0.1) is 0 Å². The minimum atomic E-state index is -10.0. The van der Waals surface area contributed by atoms with E-state index in [1.807, 2.05) is 0 Å². The van der Waals surface area contributed by atoms with E-state index in [9.17, 15) is 24.2 Å². The van der Waals surface area contributed by atoms with Gasteiger partial charge >= 0.3 is 10.2 Å². The number of hydrogen-bond acceptors (Lipinski definition) is 1. The topological polar surface area (TPSA) is 29.1 Å². The Labute approximate surface area is 183 Å². The van der Waals surface area contributed by atoms with E-state index in [1.165, 1.54) is 42.5 Å². The highest BCUT2D eigenvalue weighted by Crippen LogP contribution is 3.02. The first-order valence-electron chi connectivity index (χ1n) is 8.04. The van der Waals surface area contributed by atoms with Crippen molar-refractivity contribution in [3.8, 4) is 11.1 Å². The molecule has 0 radical (unpaired) electrons. The molecule has 0 heterocycles. The molecule has 3 rings (SSSR count). The van der Waals surface area contributed by atoms with Gasteiger partial charge in [0.15, 0.2) is 0 Å². The molecule has 1 N–H and O–H groups in total. The first-order valence-corrected chi connectivity index (χ1v) is 11.1. The second-order valence-electron chi connectivity index (χ2n) is 6.27. The summed E-state index contributed by atoms with van der Waals surface area (Å²) in [4.78, 5) is 10.4. The Kier molecular flexibility index (Phi) is 5.31. The van der Waals surface area contributed by atoms with Crippen LogP contribution in [0.4, 0.5) is 25.1 Å². The molecule has 0 saturated heterocycles. The van der Waals surface area contributed by atoms with Crippen molar-refractivity contribution in [1.82, 2.24) is 0 Å². The lowest BCUT2D eigenvalue weighted by molar-refractivity contribution is 0.102. The van der Waals surface area contributed by atoms with Crippen molar-refractivity contribution in [1.29, 1.82) is 0 Å². The fourth-order valence-electron chi connectivity index (χ4n) is 2.61. The molecule has 0 fully saturated rings. The van der Waals surface area contributed by atoms with Crippen LogP contribution in [0.15, 0.2) is 65.6 Å². The molecule has 0 atom stereocenters. The summed E-state index contributed by atoms with van der Waals surface area (Å²) in [7, 11) is -10.0. The van der Waals surface area contributed by atoms with E-state index in [4.69, 9.17) is 34.8 Å². The molecule has 0 aliphatic heterocycles. The van der Waals surface area contributed by atoms with E-state index in [1.54, 1.807) is 0 Å². The molecule has 30 heavy (non-hydrogen) atoms. The Morgan fingerprint density at radius 2 is 1.33 bits per heavy atom. The third kappa shape index (κ3) is 5.18. The summed E-state index contributed by atoms with van der Waals surface area (Å²) < 4.78 is 67.5. The van der Waals surface area contributed by atoms with Crippen molar-refractivity contribution in [2.75, 3.05) is 5.32 Å². The van der Waals surface area contributed by atoms with Gasteiger partial charge in [0.05, 0.1) is 15.6 Å². The van der Waals surface area contributed by atoms with Gasteiger partial charge in [-0.05, 0) is 53.6 Å². The minimum absolute atomic E-state index is 0.0539. The van der Waals surface area contributed by atoms with Gasteiger partial charge in [-0.2, -0.15) is 0 Å². The average Bonchev–Trinajstić information content (AvgIpc) is 2.60. The molecule has 160 valence electrons. The maximum Gasteiger partial charge on any atom is 0.310 e. The molecule has 1 amide bonds. The van der Waals surface area contributed by atoms with Gasteiger partial charge in [0.25, 0.3) is 5.91 Å². The van der Waals surface area contributed by atoms with E-state index in [-0.39, 0.29) is 32.8 Å². The Bertz CT molecular complexity index is 1130. The van der Waals surface area contributed by atoms with Crippen molar-refractivity contribution in [3.63, 3.8) is 0 Å². The SMILES string of the molecule is O=C(Nc1cc(-c2ccc(Cl)cc2)cc(S(F)(F)(F)(F)F)c1)c1c(Cl)cccc1Cl. The molecule has 0 bridgehead atoms. The van der Waals surface area contributed by atoms with Crippen LogP contribution in [-0.4, -0.2) is 5.91 Å². The van der Waals surface area contributed by atoms with E-state index in [0.717, 1.165) is 6.07 Å². The van der Waals surface area contributed by atoms with Crippen molar-refractivity contribution in [2.24, 2.45) is 0 Å². The maximum atomic E-state index is 13.5.